The molecule has 156 valence electrons. The molecule has 1 saturated heterocycles. The average Bonchev–Trinajstić information content (AvgIpc) is 2.67. The van der Waals surface area contributed by atoms with Crippen LogP contribution in [0.25, 0.3) is 0 Å². The minimum atomic E-state index is -1.82. The van der Waals surface area contributed by atoms with E-state index in [2.05, 4.69) is 4.98 Å². The van der Waals surface area contributed by atoms with Crippen molar-refractivity contribution in [2.45, 2.75) is 49.7 Å². The summed E-state index contributed by atoms with van der Waals surface area (Å²) >= 11 is 0. The van der Waals surface area contributed by atoms with Gasteiger partial charge in [0.2, 0.25) is 0 Å². The number of carbonyl (C=O) groups is 1. The zero-order chi connectivity index (χ0) is 20.8. The Hall–Kier alpha value is -2.38. The molecule has 1 aromatic rings. The van der Waals surface area contributed by atoms with Gasteiger partial charge in [-0.1, -0.05) is 6.07 Å². The van der Waals surface area contributed by atoms with Gasteiger partial charge in [0.15, 0.2) is 17.4 Å². The second-order valence-electron chi connectivity index (χ2n) is 6.41. The smallest absolute Gasteiger partial charge is 0.335 e. The van der Waals surface area contributed by atoms with Gasteiger partial charge < -0.3 is 29.9 Å². The molecule has 28 heavy (non-hydrogen) atoms. The van der Waals surface area contributed by atoms with Crippen LogP contribution in [-0.4, -0.2) is 85.7 Å². The highest BCUT2D eigenvalue weighted by Crippen LogP contribution is 2.30. The van der Waals surface area contributed by atoms with Crippen LogP contribution in [0.4, 0.5) is 0 Å². The minimum Gasteiger partial charge on any atom is -0.479 e. The number of nitro groups is 1. The van der Waals surface area contributed by atoms with Gasteiger partial charge in [0, 0.05) is 12.4 Å². The third-order valence-electron chi connectivity index (χ3n) is 4.39. The van der Waals surface area contributed by atoms with Crippen LogP contribution in [0.1, 0.15) is 24.5 Å². The number of hydrazine groups is 1. The number of ether oxygens (including phenoxy) is 2. The van der Waals surface area contributed by atoms with Gasteiger partial charge in [-0.05, 0) is 24.5 Å². The summed E-state index contributed by atoms with van der Waals surface area (Å²) in [5.74, 6) is -1.52. The molecule has 12 heteroatoms. The lowest BCUT2D eigenvalue weighted by Gasteiger charge is -2.39. The topological polar surface area (TPSA) is 176 Å². The maximum atomic E-state index is 11.2. The summed E-state index contributed by atoms with van der Waals surface area (Å²) in [5.41, 5.74) is 0.578. The van der Waals surface area contributed by atoms with E-state index in [0.29, 0.717) is 12.0 Å². The normalized spacial score (nSPS) is 28.5. The number of pyridine rings is 1. The maximum Gasteiger partial charge on any atom is 0.335 e. The fourth-order valence-corrected chi connectivity index (χ4v) is 2.79. The Morgan fingerprint density at radius 3 is 2.68 bits per heavy atom. The van der Waals surface area contributed by atoms with Crippen LogP contribution < -0.4 is 0 Å². The van der Waals surface area contributed by atoms with Crippen molar-refractivity contribution < 1.29 is 39.7 Å². The van der Waals surface area contributed by atoms with Gasteiger partial charge in [-0.25, -0.2) is 14.9 Å². The standard InChI is InChI=1S/C16H23N3O9/c1-18(19(25)26)7-3-5-10(9-4-2-6-17-8-9)27-16-13(22)11(20)12(21)14(28-16)15(23)24/h2,4,6,8,10-14,16,20-22H,3,5,7H2,1H3,(H,23,24)/t10?,11-,12-,13+,14-,16+/m0/s1. The molecule has 0 bridgehead atoms. The number of carboxylic acid groups (broad SMARTS) is 1. The lowest BCUT2D eigenvalue weighted by molar-refractivity contribution is -0.648. The Balaban J connectivity index is 2.12. The number of aliphatic carboxylic acids is 1. The summed E-state index contributed by atoms with van der Waals surface area (Å²) in [6.07, 6.45) is -5.70. The van der Waals surface area contributed by atoms with Crippen molar-refractivity contribution in [2.75, 3.05) is 13.6 Å². The summed E-state index contributed by atoms with van der Waals surface area (Å²) in [6.45, 7) is 0.125. The SMILES string of the molecule is CN(CCCC(O[C@@H]1O[C@H](C(=O)O)[C@@H](O)[C@H](O)[C@H]1O)c1cccnc1)[N+](=O)[O-]. The molecule has 1 aliphatic heterocycles. The van der Waals surface area contributed by atoms with Crippen LogP contribution in [0.2, 0.25) is 0 Å². The third-order valence-corrected chi connectivity index (χ3v) is 4.39. The molecule has 1 aliphatic rings. The first kappa shape index (κ1) is 21.9. The van der Waals surface area contributed by atoms with E-state index in [0.717, 1.165) is 5.01 Å². The highest BCUT2D eigenvalue weighted by atomic mass is 16.7. The highest BCUT2D eigenvalue weighted by molar-refractivity contribution is 5.73. The number of aromatic nitrogens is 1. The molecule has 0 radical (unpaired) electrons. The van der Waals surface area contributed by atoms with E-state index in [1.165, 1.54) is 19.4 Å². The van der Waals surface area contributed by atoms with Crippen molar-refractivity contribution in [3.63, 3.8) is 0 Å². The minimum absolute atomic E-state index is 0.125. The molecule has 0 spiro atoms. The van der Waals surface area contributed by atoms with Crippen LogP contribution >= 0.6 is 0 Å². The molecule has 1 aromatic heterocycles. The van der Waals surface area contributed by atoms with Crippen LogP contribution in [0.3, 0.4) is 0 Å². The fourth-order valence-electron chi connectivity index (χ4n) is 2.79. The Kier molecular flexibility index (Phi) is 7.60. The van der Waals surface area contributed by atoms with Crippen molar-refractivity contribution in [3.8, 4) is 0 Å². The van der Waals surface area contributed by atoms with Crippen molar-refractivity contribution in [2.24, 2.45) is 0 Å². The molecule has 0 saturated carbocycles. The number of aliphatic hydroxyl groups excluding tert-OH is 3. The Labute approximate surface area is 160 Å². The molecule has 12 nitrogen and oxygen atoms in total. The Morgan fingerprint density at radius 1 is 1.39 bits per heavy atom. The highest BCUT2D eigenvalue weighted by Gasteiger charge is 2.48. The van der Waals surface area contributed by atoms with Crippen LogP contribution in [-0.2, 0) is 14.3 Å². The summed E-state index contributed by atoms with van der Waals surface area (Å²) in [6, 6.07) is 3.33. The summed E-state index contributed by atoms with van der Waals surface area (Å²) in [5, 5.41) is 50.0. The van der Waals surface area contributed by atoms with Gasteiger partial charge in [-0.3, -0.25) is 4.98 Å². The van der Waals surface area contributed by atoms with E-state index in [1.807, 2.05) is 0 Å². The first-order valence-electron chi connectivity index (χ1n) is 8.55. The second-order valence-corrected chi connectivity index (χ2v) is 6.41. The zero-order valence-electron chi connectivity index (χ0n) is 15.1. The van der Waals surface area contributed by atoms with Gasteiger partial charge in [-0.2, -0.15) is 0 Å². The van der Waals surface area contributed by atoms with Gasteiger partial charge in [0.1, 0.15) is 18.3 Å². The predicted octanol–water partition coefficient (Wildman–Crippen LogP) is -1.06. The predicted molar refractivity (Wildman–Crippen MR) is 91.2 cm³/mol. The van der Waals surface area contributed by atoms with E-state index in [-0.39, 0.29) is 13.0 Å². The number of nitrogens with zero attached hydrogens (tertiary/aromatic N) is 3. The molecule has 0 aliphatic carbocycles. The number of carboxylic acids is 1. The molecular weight excluding hydrogens is 378 g/mol. The third kappa shape index (κ3) is 5.33. The molecule has 0 amide bonds. The number of aliphatic hydroxyl groups is 3. The van der Waals surface area contributed by atoms with Crippen molar-refractivity contribution >= 4 is 5.97 Å². The lowest BCUT2D eigenvalue weighted by Crippen LogP contribution is -2.60. The van der Waals surface area contributed by atoms with Crippen LogP contribution in [0.15, 0.2) is 24.5 Å². The number of hydrogen-bond donors (Lipinski definition) is 4. The van der Waals surface area contributed by atoms with Gasteiger partial charge in [0.05, 0.1) is 19.7 Å². The largest absolute Gasteiger partial charge is 0.479 e. The van der Waals surface area contributed by atoms with E-state index in [1.54, 1.807) is 12.1 Å². The summed E-state index contributed by atoms with van der Waals surface area (Å²) < 4.78 is 10.8. The van der Waals surface area contributed by atoms with Crippen LogP contribution in [0, 0.1) is 10.1 Å². The van der Waals surface area contributed by atoms with E-state index >= 15 is 0 Å². The second kappa shape index (κ2) is 9.71. The molecule has 1 fully saturated rings. The average molecular weight is 401 g/mol. The van der Waals surface area contributed by atoms with Gasteiger partial charge in [-0.15, -0.1) is 5.01 Å². The maximum absolute atomic E-state index is 11.2. The Bertz CT molecular complexity index is 662. The van der Waals surface area contributed by atoms with Crippen molar-refractivity contribution in [3.05, 3.63) is 40.2 Å². The van der Waals surface area contributed by atoms with E-state index in [4.69, 9.17) is 14.6 Å². The molecule has 1 unspecified atom stereocenters. The first-order valence-corrected chi connectivity index (χ1v) is 8.55. The molecule has 0 aromatic carbocycles. The Morgan fingerprint density at radius 2 is 2.11 bits per heavy atom. The molecule has 2 heterocycles. The molecular formula is C16H23N3O9. The summed E-state index contributed by atoms with van der Waals surface area (Å²) in [7, 11) is 1.32. The summed E-state index contributed by atoms with van der Waals surface area (Å²) in [4.78, 5) is 25.9. The first-order chi connectivity index (χ1) is 13.2. The van der Waals surface area contributed by atoms with Crippen molar-refractivity contribution in [1.82, 2.24) is 9.99 Å². The number of rotatable bonds is 9. The quantitative estimate of drug-likeness (QED) is 0.293. The molecule has 2 rings (SSSR count). The monoisotopic (exact) mass is 401 g/mol. The van der Waals surface area contributed by atoms with Gasteiger partial charge in [0.25, 0.3) is 0 Å². The van der Waals surface area contributed by atoms with Crippen molar-refractivity contribution in [1.29, 1.82) is 0 Å². The van der Waals surface area contributed by atoms with Gasteiger partial charge >= 0.3 is 5.97 Å². The van der Waals surface area contributed by atoms with E-state index < -0.39 is 47.8 Å². The molecule has 4 N–H and O–H groups in total. The fraction of sp³-hybridized carbons (Fsp3) is 0.625. The van der Waals surface area contributed by atoms with E-state index in [9.17, 15) is 30.2 Å². The van der Waals surface area contributed by atoms with Crippen LogP contribution in [0.5, 0.6) is 0 Å². The lowest BCUT2D eigenvalue weighted by atomic mass is 9.98. The zero-order valence-corrected chi connectivity index (χ0v) is 15.1. The number of hydrogen-bond acceptors (Lipinski definition) is 9. The molecule has 6 atom stereocenters.